The first-order valence-corrected chi connectivity index (χ1v) is 5.34. The molecule has 0 unspecified atom stereocenters. The van der Waals surface area contributed by atoms with Gasteiger partial charge in [0.15, 0.2) is 17.3 Å². The fourth-order valence-corrected chi connectivity index (χ4v) is 1.38. The van der Waals surface area contributed by atoms with Crippen LogP contribution >= 0.6 is 0 Å². The van der Waals surface area contributed by atoms with E-state index in [2.05, 4.69) is 25.1 Å². The summed E-state index contributed by atoms with van der Waals surface area (Å²) in [6.45, 7) is 1.69. The maximum atomic E-state index is 9.66. The van der Waals surface area contributed by atoms with Crippen LogP contribution in [0.3, 0.4) is 0 Å². The molecular formula is C11H12N6O2. The first kappa shape index (κ1) is 12.6. The van der Waals surface area contributed by atoms with Gasteiger partial charge < -0.3 is 16.6 Å². The molecule has 0 amide bonds. The first-order chi connectivity index (χ1) is 9.09. The summed E-state index contributed by atoms with van der Waals surface area (Å²) in [7, 11) is 0. The maximum Gasteiger partial charge on any atom is 0.199 e. The van der Waals surface area contributed by atoms with Gasteiger partial charge in [-0.2, -0.15) is 5.10 Å². The van der Waals surface area contributed by atoms with Gasteiger partial charge in [0.1, 0.15) is 5.75 Å². The predicted octanol–water partition coefficient (Wildman–Crippen LogP) is 0.487. The van der Waals surface area contributed by atoms with Gasteiger partial charge in [-0.25, -0.2) is 4.63 Å². The standard InChI is InChI=1S/C11H12N6O2/c1-6(7-4-2-3-5-8(7)18)14-15-10(12)9-11(13)17-19-16-9/h2-5,18H,1H3,(H2,12,15)(H2,13,17)/b14-6+. The SMILES string of the molecule is C/C(=N\N=C(N)c1nonc1N)c1ccccc1O. The van der Waals surface area contributed by atoms with Crippen LogP contribution < -0.4 is 11.5 Å². The molecule has 0 aliphatic heterocycles. The molecule has 0 radical (unpaired) electrons. The summed E-state index contributed by atoms with van der Waals surface area (Å²) >= 11 is 0. The van der Waals surface area contributed by atoms with Crippen molar-refractivity contribution in [3.8, 4) is 5.75 Å². The first-order valence-electron chi connectivity index (χ1n) is 5.34. The Hall–Kier alpha value is -2.90. The number of phenols is 1. The van der Waals surface area contributed by atoms with Crippen LogP contribution in [0, 0.1) is 0 Å². The van der Waals surface area contributed by atoms with Gasteiger partial charge in [0.25, 0.3) is 0 Å². The number of aromatic nitrogens is 2. The van der Waals surface area contributed by atoms with Crippen LogP contribution in [0.15, 0.2) is 39.1 Å². The molecule has 0 saturated carbocycles. The van der Waals surface area contributed by atoms with Crippen molar-refractivity contribution in [3.05, 3.63) is 35.5 Å². The average Bonchev–Trinajstić information content (AvgIpc) is 2.82. The van der Waals surface area contributed by atoms with Crippen molar-refractivity contribution in [2.24, 2.45) is 15.9 Å². The number of benzene rings is 1. The average molecular weight is 260 g/mol. The molecular weight excluding hydrogens is 248 g/mol. The number of nitrogens with two attached hydrogens (primary N) is 2. The molecule has 1 aromatic heterocycles. The minimum Gasteiger partial charge on any atom is -0.507 e. The molecule has 0 fully saturated rings. The summed E-state index contributed by atoms with van der Waals surface area (Å²) in [5.41, 5.74) is 12.3. The molecule has 8 heteroatoms. The molecule has 5 N–H and O–H groups in total. The van der Waals surface area contributed by atoms with Gasteiger partial charge in [-0.15, -0.1) is 5.10 Å². The van der Waals surface area contributed by atoms with E-state index in [9.17, 15) is 5.11 Å². The highest BCUT2D eigenvalue weighted by molar-refractivity contribution is 6.03. The summed E-state index contributed by atoms with van der Waals surface area (Å²) in [4.78, 5) is 0. The zero-order chi connectivity index (χ0) is 13.8. The van der Waals surface area contributed by atoms with Crippen molar-refractivity contribution in [1.29, 1.82) is 0 Å². The predicted molar refractivity (Wildman–Crippen MR) is 69.8 cm³/mol. The number of aromatic hydroxyl groups is 1. The number of hydrogen-bond acceptors (Lipinski definition) is 7. The molecule has 1 heterocycles. The van der Waals surface area contributed by atoms with Crippen molar-refractivity contribution in [1.82, 2.24) is 10.3 Å². The fraction of sp³-hybridized carbons (Fsp3) is 0.0909. The minimum absolute atomic E-state index is 0.0199. The number of phenolic OH excluding ortho intramolecular Hbond substituents is 1. The Balaban J connectivity index is 2.28. The van der Waals surface area contributed by atoms with Gasteiger partial charge in [0.2, 0.25) is 0 Å². The number of para-hydroxylation sites is 1. The van der Waals surface area contributed by atoms with Crippen LogP contribution in [0.1, 0.15) is 18.2 Å². The Morgan fingerprint density at radius 2 is 2.00 bits per heavy atom. The van der Waals surface area contributed by atoms with Crippen molar-refractivity contribution in [2.45, 2.75) is 6.92 Å². The van der Waals surface area contributed by atoms with Crippen molar-refractivity contribution in [2.75, 3.05) is 5.73 Å². The molecule has 1 aromatic carbocycles. The third-order valence-electron chi connectivity index (χ3n) is 2.36. The van der Waals surface area contributed by atoms with Gasteiger partial charge in [-0.3, -0.25) is 0 Å². The molecule has 98 valence electrons. The Morgan fingerprint density at radius 3 is 2.63 bits per heavy atom. The van der Waals surface area contributed by atoms with E-state index in [1.807, 2.05) is 0 Å². The van der Waals surface area contributed by atoms with Crippen LogP contribution in [0.2, 0.25) is 0 Å². The number of anilines is 1. The lowest BCUT2D eigenvalue weighted by Crippen LogP contribution is -2.15. The highest BCUT2D eigenvalue weighted by Gasteiger charge is 2.10. The van der Waals surface area contributed by atoms with Crippen LogP contribution in [0.25, 0.3) is 0 Å². The van der Waals surface area contributed by atoms with Crippen LogP contribution in [0.4, 0.5) is 5.82 Å². The second-order valence-electron chi connectivity index (χ2n) is 3.69. The van der Waals surface area contributed by atoms with E-state index in [0.29, 0.717) is 11.3 Å². The van der Waals surface area contributed by atoms with E-state index in [-0.39, 0.29) is 23.1 Å². The van der Waals surface area contributed by atoms with E-state index in [0.717, 1.165) is 0 Å². The zero-order valence-electron chi connectivity index (χ0n) is 10.1. The second kappa shape index (κ2) is 5.17. The van der Waals surface area contributed by atoms with E-state index < -0.39 is 0 Å². The summed E-state index contributed by atoms with van der Waals surface area (Å²) < 4.78 is 4.40. The van der Waals surface area contributed by atoms with Crippen LogP contribution in [-0.4, -0.2) is 27.0 Å². The van der Waals surface area contributed by atoms with E-state index in [1.165, 1.54) is 0 Å². The third kappa shape index (κ3) is 2.68. The van der Waals surface area contributed by atoms with Gasteiger partial charge in [-0.1, -0.05) is 12.1 Å². The van der Waals surface area contributed by atoms with E-state index in [1.54, 1.807) is 31.2 Å². The number of nitrogens with zero attached hydrogens (tertiary/aromatic N) is 4. The minimum atomic E-state index is -0.0199. The monoisotopic (exact) mass is 260 g/mol. The molecule has 2 rings (SSSR count). The van der Waals surface area contributed by atoms with Gasteiger partial charge >= 0.3 is 0 Å². The molecule has 0 aliphatic rings. The summed E-state index contributed by atoms with van der Waals surface area (Å²) in [6, 6.07) is 6.76. The van der Waals surface area contributed by atoms with E-state index in [4.69, 9.17) is 11.5 Å². The molecule has 0 bridgehead atoms. The highest BCUT2D eigenvalue weighted by Crippen LogP contribution is 2.16. The zero-order valence-corrected chi connectivity index (χ0v) is 10.1. The van der Waals surface area contributed by atoms with Gasteiger partial charge in [0, 0.05) is 5.56 Å². The molecule has 19 heavy (non-hydrogen) atoms. The Labute approximate surface area is 108 Å². The van der Waals surface area contributed by atoms with Gasteiger partial charge in [-0.05, 0) is 29.4 Å². The number of rotatable bonds is 3. The second-order valence-corrected chi connectivity index (χ2v) is 3.69. The summed E-state index contributed by atoms with van der Waals surface area (Å²) in [6.07, 6.45) is 0. The lowest BCUT2D eigenvalue weighted by molar-refractivity contribution is 0.308. The fourth-order valence-electron chi connectivity index (χ4n) is 1.38. The van der Waals surface area contributed by atoms with Crippen molar-refractivity contribution < 1.29 is 9.74 Å². The normalized spacial score (nSPS) is 12.7. The molecule has 0 atom stereocenters. The largest absolute Gasteiger partial charge is 0.507 e. The Kier molecular flexibility index (Phi) is 3.42. The summed E-state index contributed by atoms with van der Waals surface area (Å²) in [5, 5.41) is 24.2. The third-order valence-corrected chi connectivity index (χ3v) is 2.36. The van der Waals surface area contributed by atoms with Crippen LogP contribution in [-0.2, 0) is 0 Å². The Morgan fingerprint density at radius 1 is 1.26 bits per heavy atom. The quantitative estimate of drug-likeness (QED) is 0.417. The van der Waals surface area contributed by atoms with Crippen LogP contribution in [0.5, 0.6) is 5.75 Å². The molecule has 0 spiro atoms. The lowest BCUT2D eigenvalue weighted by atomic mass is 10.1. The number of hydrogen-bond donors (Lipinski definition) is 3. The van der Waals surface area contributed by atoms with Gasteiger partial charge in [0.05, 0.1) is 5.71 Å². The number of nitrogen functional groups attached to an aromatic ring is 1. The van der Waals surface area contributed by atoms with Crippen molar-refractivity contribution >= 4 is 17.4 Å². The Bertz CT molecular complexity index is 646. The molecule has 2 aromatic rings. The van der Waals surface area contributed by atoms with Crippen molar-refractivity contribution in [3.63, 3.8) is 0 Å². The topological polar surface area (TPSA) is 136 Å². The van der Waals surface area contributed by atoms with E-state index >= 15 is 0 Å². The maximum absolute atomic E-state index is 9.66. The molecule has 8 nitrogen and oxygen atoms in total. The highest BCUT2D eigenvalue weighted by atomic mass is 16.6. The molecule has 0 saturated heterocycles. The molecule has 0 aliphatic carbocycles. The smallest absolute Gasteiger partial charge is 0.199 e. The summed E-state index contributed by atoms with van der Waals surface area (Å²) in [5.74, 6) is 0.130. The number of amidine groups is 1. The lowest BCUT2D eigenvalue weighted by Gasteiger charge is -2.01.